The van der Waals surface area contributed by atoms with E-state index in [0.717, 1.165) is 11.8 Å². The maximum atomic E-state index is 3.38. The summed E-state index contributed by atoms with van der Waals surface area (Å²) in [5.41, 5.74) is 0. The molecule has 1 rings (SSSR count). The van der Waals surface area contributed by atoms with E-state index in [-0.39, 0.29) is 0 Å². The molecule has 0 N–H and O–H groups in total. The average Bonchev–Trinajstić information content (AvgIpc) is 2.19. The predicted octanol–water partition coefficient (Wildman–Crippen LogP) is 3.58. The van der Waals surface area contributed by atoms with Crippen LogP contribution < -0.4 is 0 Å². The second kappa shape index (κ2) is 5.27. The van der Waals surface area contributed by atoms with Crippen LogP contribution >= 0.6 is 0 Å². The number of hydrogen-bond acceptors (Lipinski definition) is 0. The lowest BCUT2D eigenvalue weighted by molar-refractivity contribution is 0.133. The summed E-state index contributed by atoms with van der Waals surface area (Å²) < 4.78 is 0. The summed E-state index contributed by atoms with van der Waals surface area (Å²) in [4.78, 5) is 0. The quantitative estimate of drug-likeness (QED) is 0.527. The first-order chi connectivity index (χ1) is 7.11. The van der Waals surface area contributed by atoms with Crippen LogP contribution in [0.2, 0.25) is 0 Å². The molecule has 0 aromatic heterocycles. The Morgan fingerprint density at radius 2 is 1.20 bits per heavy atom. The van der Waals surface area contributed by atoms with E-state index in [1.807, 2.05) is 13.8 Å². The zero-order valence-electron chi connectivity index (χ0n) is 10.6. The van der Waals surface area contributed by atoms with Gasteiger partial charge in [0.15, 0.2) is 0 Å². The first-order valence-electron chi connectivity index (χ1n) is 5.96. The van der Waals surface area contributed by atoms with Crippen molar-refractivity contribution in [1.82, 2.24) is 0 Å². The molecule has 0 heterocycles. The Bertz CT molecular complexity index is 285. The van der Waals surface area contributed by atoms with Crippen molar-refractivity contribution in [2.75, 3.05) is 0 Å². The molecule has 0 radical (unpaired) electrons. The third kappa shape index (κ3) is 2.57. The standard InChI is InChI=1S/C15H22/c1-6-8-14-11(3)10-12(4)15(9-7-2)13(14)5/h11-15H,10H2,1-5H3. The van der Waals surface area contributed by atoms with Crippen LogP contribution in [0.25, 0.3) is 0 Å². The van der Waals surface area contributed by atoms with Crippen LogP contribution in [-0.4, -0.2) is 0 Å². The van der Waals surface area contributed by atoms with Gasteiger partial charge in [0, 0.05) is 11.8 Å². The Morgan fingerprint density at radius 1 is 0.800 bits per heavy atom. The molecule has 0 aromatic carbocycles. The Kier molecular flexibility index (Phi) is 4.28. The summed E-state index contributed by atoms with van der Waals surface area (Å²) >= 11 is 0. The highest BCUT2D eigenvalue weighted by Crippen LogP contribution is 2.41. The van der Waals surface area contributed by atoms with E-state index in [9.17, 15) is 0 Å². The van der Waals surface area contributed by atoms with E-state index < -0.39 is 0 Å². The summed E-state index contributed by atoms with van der Waals surface area (Å²) in [5, 5.41) is 0. The fourth-order valence-corrected chi connectivity index (χ4v) is 3.02. The second-order valence-electron chi connectivity index (χ2n) is 4.89. The van der Waals surface area contributed by atoms with E-state index >= 15 is 0 Å². The molecule has 0 heteroatoms. The third-order valence-corrected chi connectivity index (χ3v) is 3.72. The Balaban J connectivity index is 2.90. The minimum Gasteiger partial charge on any atom is -0.106 e. The maximum Gasteiger partial charge on any atom is 0.0265 e. The summed E-state index contributed by atoms with van der Waals surface area (Å²) in [6.07, 6.45) is 1.27. The Morgan fingerprint density at radius 3 is 1.53 bits per heavy atom. The van der Waals surface area contributed by atoms with Crippen molar-refractivity contribution in [3.05, 3.63) is 0 Å². The van der Waals surface area contributed by atoms with Gasteiger partial charge >= 0.3 is 0 Å². The van der Waals surface area contributed by atoms with Crippen molar-refractivity contribution >= 4 is 0 Å². The molecule has 1 aliphatic carbocycles. The van der Waals surface area contributed by atoms with Crippen molar-refractivity contribution in [3.63, 3.8) is 0 Å². The SMILES string of the molecule is CC#CC1C(C)CC(C)C(C#CC)C1C. The number of rotatable bonds is 0. The molecule has 1 fully saturated rings. The summed E-state index contributed by atoms with van der Waals surface area (Å²) in [5.74, 6) is 16.0. The summed E-state index contributed by atoms with van der Waals surface area (Å²) in [6.45, 7) is 10.9. The van der Waals surface area contributed by atoms with Gasteiger partial charge in [0.05, 0.1) is 0 Å². The van der Waals surface area contributed by atoms with Crippen molar-refractivity contribution in [2.45, 2.75) is 41.0 Å². The molecular weight excluding hydrogens is 180 g/mol. The lowest BCUT2D eigenvalue weighted by Gasteiger charge is -2.39. The van der Waals surface area contributed by atoms with E-state index in [0.29, 0.717) is 17.8 Å². The van der Waals surface area contributed by atoms with Crippen LogP contribution in [0.15, 0.2) is 0 Å². The highest BCUT2D eigenvalue weighted by atomic mass is 14.4. The molecule has 1 saturated carbocycles. The van der Waals surface area contributed by atoms with Crippen molar-refractivity contribution in [1.29, 1.82) is 0 Å². The van der Waals surface area contributed by atoms with Gasteiger partial charge < -0.3 is 0 Å². The highest BCUT2D eigenvalue weighted by molar-refractivity contribution is 5.13. The van der Waals surface area contributed by atoms with Gasteiger partial charge in [0.1, 0.15) is 0 Å². The molecule has 0 aliphatic heterocycles. The smallest absolute Gasteiger partial charge is 0.0265 e. The molecule has 1 aliphatic rings. The summed E-state index contributed by atoms with van der Waals surface area (Å²) in [6, 6.07) is 0. The molecular formula is C15H22. The minimum absolute atomic E-state index is 0.539. The molecule has 0 nitrogen and oxygen atoms in total. The summed E-state index contributed by atoms with van der Waals surface area (Å²) in [7, 11) is 0. The topological polar surface area (TPSA) is 0 Å². The molecule has 4 unspecified atom stereocenters. The molecule has 4 atom stereocenters. The number of hydrogen-bond donors (Lipinski definition) is 0. The van der Waals surface area contributed by atoms with Gasteiger partial charge in [0.2, 0.25) is 0 Å². The normalized spacial score (nSPS) is 39.7. The molecule has 0 bridgehead atoms. The van der Waals surface area contributed by atoms with Gasteiger partial charge in [-0.3, -0.25) is 0 Å². The van der Waals surface area contributed by atoms with Gasteiger partial charge in [-0.15, -0.1) is 11.8 Å². The van der Waals surface area contributed by atoms with E-state index in [1.54, 1.807) is 0 Å². The van der Waals surface area contributed by atoms with Crippen LogP contribution in [0.1, 0.15) is 41.0 Å². The minimum atomic E-state index is 0.539. The van der Waals surface area contributed by atoms with Gasteiger partial charge in [-0.05, 0) is 38.0 Å². The van der Waals surface area contributed by atoms with Crippen LogP contribution in [0.5, 0.6) is 0 Å². The first-order valence-corrected chi connectivity index (χ1v) is 5.96. The van der Waals surface area contributed by atoms with E-state index in [2.05, 4.69) is 44.5 Å². The lowest BCUT2D eigenvalue weighted by atomic mass is 9.64. The fourth-order valence-electron chi connectivity index (χ4n) is 3.02. The van der Waals surface area contributed by atoms with E-state index in [1.165, 1.54) is 6.42 Å². The van der Waals surface area contributed by atoms with Crippen LogP contribution in [0.3, 0.4) is 0 Å². The molecule has 0 aromatic rings. The van der Waals surface area contributed by atoms with Crippen LogP contribution in [0, 0.1) is 53.3 Å². The predicted molar refractivity (Wildman–Crippen MR) is 66.0 cm³/mol. The largest absolute Gasteiger partial charge is 0.106 e. The Hall–Kier alpha value is -0.880. The lowest BCUT2D eigenvalue weighted by Crippen LogP contribution is -2.35. The molecule has 0 spiro atoms. The monoisotopic (exact) mass is 202 g/mol. The molecule has 82 valence electrons. The van der Waals surface area contributed by atoms with Crippen LogP contribution in [0.4, 0.5) is 0 Å². The first kappa shape index (κ1) is 12.2. The van der Waals surface area contributed by atoms with Gasteiger partial charge in [-0.2, -0.15) is 0 Å². The van der Waals surface area contributed by atoms with Crippen molar-refractivity contribution in [3.8, 4) is 23.7 Å². The second-order valence-corrected chi connectivity index (χ2v) is 4.89. The zero-order valence-corrected chi connectivity index (χ0v) is 10.6. The third-order valence-electron chi connectivity index (χ3n) is 3.72. The van der Waals surface area contributed by atoms with Gasteiger partial charge in [-0.1, -0.05) is 32.6 Å². The van der Waals surface area contributed by atoms with E-state index in [4.69, 9.17) is 0 Å². The highest BCUT2D eigenvalue weighted by Gasteiger charge is 2.36. The van der Waals surface area contributed by atoms with Crippen molar-refractivity contribution in [2.24, 2.45) is 29.6 Å². The molecule has 0 amide bonds. The van der Waals surface area contributed by atoms with Gasteiger partial charge in [0.25, 0.3) is 0 Å². The fraction of sp³-hybridized carbons (Fsp3) is 0.733. The molecule has 15 heavy (non-hydrogen) atoms. The maximum absolute atomic E-state index is 3.38. The van der Waals surface area contributed by atoms with Crippen LogP contribution in [-0.2, 0) is 0 Å². The average molecular weight is 202 g/mol. The zero-order chi connectivity index (χ0) is 11.4. The van der Waals surface area contributed by atoms with Crippen molar-refractivity contribution < 1.29 is 0 Å². The Labute approximate surface area is 94.8 Å². The molecule has 0 saturated heterocycles. The van der Waals surface area contributed by atoms with Gasteiger partial charge in [-0.25, -0.2) is 0 Å².